The van der Waals surface area contributed by atoms with Crippen molar-refractivity contribution in [2.75, 3.05) is 20.3 Å². The molecule has 2 rings (SSSR count). The van der Waals surface area contributed by atoms with Gasteiger partial charge in [-0.15, -0.1) is 0 Å². The molecule has 0 spiro atoms. The number of hydrogen-bond donors (Lipinski definition) is 1. The van der Waals surface area contributed by atoms with Gasteiger partial charge in [-0.1, -0.05) is 0 Å². The fraction of sp³-hybridized carbons (Fsp3) is 0.562. The van der Waals surface area contributed by atoms with Gasteiger partial charge in [0.1, 0.15) is 0 Å². The smallest absolute Gasteiger partial charge is 0.227 e. The number of amides is 2. The standard InChI is InChI=1S/C16H23N3O3/c1-12-8-13(4-6-18-12)9-15(21)19-7-3-5-16(19,11-22-2)10-14(17)20/h4,6,8H,3,5,7,9-11H2,1-2H3,(H2,17,20). The van der Waals surface area contributed by atoms with E-state index in [-0.39, 0.29) is 12.3 Å². The molecule has 1 aromatic rings. The van der Waals surface area contributed by atoms with E-state index in [1.165, 1.54) is 0 Å². The number of ether oxygens (including phenoxy) is 1. The van der Waals surface area contributed by atoms with Crippen molar-refractivity contribution >= 4 is 11.8 Å². The number of methoxy groups -OCH3 is 1. The van der Waals surface area contributed by atoms with Gasteiger partial charge in [0.2, 0.25) is 11.8 Å². The molecule has 1 aliphatic heterocycles. The van der Waals surface area contributed by atoms with Crippen LogP contribution in [0.25, 0.3) is 0 Å². The van der Waals surface area contributed by atoms with Crippen molar-refractivity contribution in [2.24, 2.45) is 5.73 Å². The first kappa shape index (κ1) is 16.4. The fourth-order valence-corrected chi connectivity index (χ4v) is 3.29. The summed E-state index contributed by atoms with van der Waals surface area (Å²) < 4.78 is 5.27. The van der Waals surface area contributed by atoms with Gasteiger partial charge in [-0.25, -0.2) is 0 Å². The van der Waals surface area contributed by atoms with Gasteiger partial charge >= 0.3 is 0 Å². The Morgan fingerprint density at radius 3 is 2.91 bits per heavy atom. The highest BCUT2D eigenvalue weighted by molar-refractivity contribution is 5.82. The molecule has 0 aliphatic carbocycles. The van der Waals surface area contributed by atoms with E-state index >= 15 is 0 Å². The van der Waals surface area contributed by atoms with E-state index in [1.54, 1.807) is 18.2 Å². The number of hydrogen-bond acceptors (Lipinski definition) is 4. The maximum Gasteiger partial charge on any atom is 0.227 e. The number of likely N-dealkylation sites (tertiary alicyclic amines) is 1. The number of carbonyl (C=O) groups excluding carboxylic acids is 2. The lowest BCUT2D eigenvalue weighted by molar-refractivity contribution is -0.138. The molecule has 2 heterocycles. The normalized spacial score (nSPS) is 21.1. The maximum absolute atomic E-state index is 12.7. The van der Waals surface area contributed by atoms with Crippen molar-refractivity contribution < 1.29 is 14.3 Å². The predicted octanol–water partition coefficient (Wildman–Crippen LogP) is 0.816. The van der Waals surface area contributed by atoms with E-state index in [2.05, 4.69) is 4.98 Å². The van der Waals surface area contributed by atoms with Gasteiger partial charge < -0.3 is 15.4 Å². The summed E-state index contributed by atoms with van der Waals surface area (Å²) >= 11 is 0. The Bertz CT molecular complexity index is 561. The lowest BCUT2D eigenvalue weighted by Gasteiger charge is -2.37. The molecule has 1 aliphatic rings. The van der Waals surface area contributed by atoms with Crippen molar-refractivity contribution in [1.82, 2.24) is 9.88 Å². The Kier molecular flexibility index (Phi) is 5.13. The lowest BCUT2D eigenvalue weighted by atomic mass is 9.92. The van der Waals surface area contributed by atoms with Crippen LogP contribution in [0.4, 0.5) is 0 Å². The van der Waals surface area contributed by atoms with E-state index in [1.807, 2.05) is 19.1 Å². The summed E-state index contributed by atoms with van der Waals surface area (Å²) in [5, 5.41) is 0. The molecule has 1 atom stereocenters. The molecule has 2 N–H and O–H groups in total. The second kappa shape index (κ2) is 6.87. The number of carbonyl (C=O) groups is 2. The van der Waals surface area contributed by atoms with Crippen LogP contribution in [0.3, 0.4) is 0 Å². The molecule has 6 nitrogen and oxygen atoms in total. The molecule has 6 heteroatoms. The number of primary amides is 1. The van der Waals surface area contributed by atoms with E-state index < -0.39 is 11.4 Å². The molecular formula is C16H23N3O3. The first-order valence-electron chi connectivity index (χ1n) is 7.46. The van der Waals surface area contributed by atoms with Crippen LogP contribution in [-0.4, -0.2) is 47.5 Å². The zero-order valence-electron chi connectivity index (χ0n) is 13.2. The molecule has 1 fully saturated rings. The third-order valence-corrected chi connectivity index (χ3v) is 4.13. The zero-order chi connectivity index (χ0) is 16.2. The van der Waals surface area contributed by atoms with Gasteiger partial charge in [0.05, 0.1) is 25.0 Å². The molecule has 1 aromatic heterocycles. The minimum atomic E-state index is -0.597. The summed E-state index contributed by atoms with van der Waals surface area (Å²) in [5.74, 6) is -0.405. The van der Waals surface area contributed by atoms with Crippen molar-refractivity contribution in [2.45, 2.75) is 38.1 Å². The minimum Gasteiger partial charge on any atom is -0.382 e. The lowest BCUT2D eigenvalue weighted by Crippen LogP contribution is -2.53. The number of aryl methyl sites for hydroxylation is 1. The third-order valence-electron chi connectivity index (χ3n) is 4.13. The van der Waals surface area contributed by atoms with Gasteiger partial charge in [0.25, 0.3) is 0 Å². The summed E-state index contributed by atoms with van der Waals surface area (Å²) in [6.07, 6.45) is 3.74. The minimum absolute atomic E-state index is 0.00130. The zero-order valence-corrected chi connectivity index (χ0v) is 13.2. The number of rotatable bonds is 6. The average molecular weight is 305 g/mol. The molecule has 0 aromatic carbocycles. The summed E-state index contributed by atoms with van der Waals surface area (Å²) in [7, 11) is 1.58. The van der Waals surface area contributed by atoms with Crippen molar-refractivity contribution in [1.29, 1.82) is 0 Å². The Labute approximate surface area is 130 Å². The number of nitrogens with two attached hydrogens (primary N) is 1. The van der Waals surface area contributed by atoms with E-state index in [4.69, 9.17) is 10.5 Å². The van der Waals surface area contributed by atoms with Crippen LogP contribution in [0.1, 0.15) is 30.5 Å². The highest BCUT2D eigenvalue weighted by atomic mass is 16.5. The first-order chi connectivity index (χ1) is 10.5. The van der Waals surface area contributed by atoms with Crippen LogP contribution < -0.4 is 5.73 Å². The van der Waals surface area contributed by atoms with Crippen molar-refractivity contribution in [3.05, 3.63) is 29.6 Å². The summed E-state index contributed by atoms with van der Waals surface area (Å²) in [4.78, 5) is 30.0. The Morgan fingerprint density at radius 2 is 2.27 bits per heavy atom. The van der Waals surface area contributed by atoms with Gasteiger partial charge in [-0.3, -0.25) is 14.6 Å². The Hall–Kier alpha value is -1.95. The molecule has 22 heavy (non-hydrogen) atoms. The summed E-state index contributed by atoms with van der Waals surface area (Å²) in [6, 6.07) is 3.74. The molecule has 1 saturated heterocycles. The number of nitrogens with zero attached hydrogens (tertiary/aromatic N) is 2. The SMILES string of the molecule is COCC1(CC(N)=O)CCCN1C(=O)Cc1ccnc(C)c1. The van der Waals surface area contributed by atoms with Crippen LogP contribution in [0, 0.1) is 6.92 Å². The molecule has 120 valence electrons. The van der Waals surface area contributed by atoms with Gasteiger partial charge in [0.15, 0.2) is 0 Å². The van der Waals surface area contributed by atoms with Gasteiger partial charge in [0, 0.05) is 25.5 Å². The largest absolute Gasteiger partial charge is 0.382 e. The van der Waals surface area contributed by atoms with Crippen molar-refractivity contribution in [3.63, 3.8) is 0 Å². The second-order valence-corrected chi connectivity index (χ2v) is 5.93. The van der Waals surface area contributed by atoms with E-state index in [0.29, 0.717) is 19.6 Å². The van der Waals surface area contributed by atoms with Crippen LogP contribution in [-0.2, 0) is 20.7 Å². The number of aromatic nitrogens is 1. The maximum atomic E-state index is 12.7. The molecular weight excluding hydrogens is 282 g/mol. The molecule has 2 amide bonds. The van der Waals surface area contributed by atoms with Crippen LogP contribution in [0.2, 0.25) is 0 Å². The topological polar surface area (TPSA) is 85.5 Å². The van der Waals surface area contributed by atoms with Gasteiger partial charge in [-0.05, 0) is 37.5 Å². The summed E-state index contributed by atoms with van der Waals surface area (Å²) in [6.45, 7) is 2.86. The number of pyridine rings is 1. The van der Waals surface area contributed by atoms with Crippen molar-refractivity contribution in [3.8, 4) is 0 Å². The van der Waals surface area contributed by atoms with Crippen LogP contribution in [0.5, 0.6) is 0 Å². The molecule has 0 radical (unpaired) electrons. The highest BCUT2D eigenvalue weighted by Crippen LogP contribution is 2.33. The predicted molar refractivity (Wildman–Crippen MR) is 82.0 cm³/mol. The average Bonchev–Trinajstić information content (AvgIpc) is 2.81. The molecule has 0 saturated carbocycles. The Balaban J connectivity index is 2.17. The summed E-state index contributed by atoms with van der Waals surface area (Å²) in [5.41, 5.74) is 6.59. The second-order valence-electron chi connectivity index (χ2n) is 5.93. The van der Waals surface area contributed by atoms with Gasteiger partial charge in [-0.2, -0.15) is 0 Å². The van der Waals surface area contributed by atoms with E-state index in [9.17, 15) is 9.59 Å². The Morgan fingerprint density at radius 1 is 1.50 bits per heavy atom. The monoisotopic (exact) mass is 305 g/mol. The molecule has 1 unspecified atom stereocenters. The van der Waals surface area contributed by atoms with Crippen LogP contribution in [0.15, 0.2) is 18.3 Å². The fourth-order valence-electron chi connectivity index (χ4n) is 3.29. The quantitative estimate of drug-likeness (QED) is 0.843. The molecule has 0 bridgehead atoms. The third kappa shape index (κ3) is 3.62. The van der Waals surface area contributed by atoms with E-state index in [0.717, 1.165) is 24.1 Å². The first-order valence-corrected chi connectivity index (χ1v) is 7.46. The highest BCUT2D eigenvalue weighted by Gasteiger charge is 2.44. The van der Waals surface area contributed by atoms with Crippen LogP contribution >= 0.6 is 0 Å².